The highest BCUT2D eigenvalue weighted by atomic mass is 16.5. The summed E-state index contributed by atoms with van der Waals surface area (Å²) in [5, 5.41) is 14.8. The van der Waals surface area contributed by atoms with Crippen molar-refractivity contribution in [2.45, 2.75) is 45.3 Å². The fourth-order valence-electron chi connectivity index (χ4n) is 7.21. The van der Waals surface area contributed by atoms with Crippen LogP contribution in [0, 0.1) is 11.8 Å². The van der Waals surface area contributed by atoms with E-state index in [-0.39, 0.29) is 30.6 Å². The van der Waals surface area contributed by atoms with Gasteiger partial charge in [-0.2, -0.15) is 0 Å². The van der Waals surface area contributed by atoms with Gasteiger partial charge in [-0.3, -0.25) is 4.79 Å². The van der Waals surface area contributed by atoms with Crippen LogP contribution >= 0.6 is 0 Å². The lowest BCUT2D eigenvalue weighted by Crippen LogP contribution is -2.41. The van der Waals surface area contributed by atoms with Crippen LogP contribution < -0.4 is 30.9 Å². The number of hydrogen-bond donors (Lipinski definition) is 7. The number of carbonyl (C=O) groups is 1. The fourth-order valence-corrected chi connectivity index (χ4v) is 7.21. The average Bonchev–Trinajstić information content (AvgIpc) is 3.91. The molecule has 0 aliphatic carbocycles. The number of nitrogens with zero attached hydrogens (tertiary/aromatic N) is 1. The number of ether oxygens (including phenoxy) is 4. The summed E-state index contributed by atoms with van der Waals surface area (Å²) in [6, 6.07) is 18.8. The zero-order chi connectivity index (χ0) is 38.1. The van der Waals surface area contributed by atoms with E-state index in [9.17, 15) is 19.5 Å². The number of aromatic amines is 5. The molecule has 7 N–H and O–H groups in total. The first-order valence-electron chi connectivity index (χ1n) is 18.9. The molecule has 1 atom stereocenters. The van der Waals surface area contributed by atoms with Crippen molar-refractivity contribution in [3.05, 3.63) is 87.3 Å². The number of rotatable bonds is 13. The van der Waals surface area contributed by atoms with E-state index in [1.165, 1.54) is 6.92 Å². The average molecular weight is 756 g/mol. The predicted octanol–water partition coefficient (Wildman–Crippen LogP) is 4.17. The van der Waals surface area contributed by atoms with Crippen LogP contribution in [0.5, 0.6) is 17.2 Å². The lowest BCUT2D eigenvalue weighted by molar-refractivity contribution is -0.142. The highest BCUT2D eigenvalue weighted by Gasteiger charge is 2.23. The Hall–Kier alpha value is -5.51. The summed E-state index contributed by atoms with van der Waals surface area (Å²) >= 11 is 0. The molecule has 2 aliphatic heterocycles. The normalized spacial score (nSPS) is 16.2. The molecule has 0 spiro atoms. The van der Waals surface area contributed by atoms with Gasteiger partial charge in [0.25, 0.3) is 0 Å². The third kappa shape index (κ3) is 9.98. The minimum atomic E-state index is -0.620. The number of para-hydroxylation sites is 2. The van der Waals surface area contributed by atoms with E-state index in [1.54, 1.807) is 0 Å². The Bertz CT molecular complexity index is 2290. The molecule has 0 radical (unpaired) electrons. The number of fused-ring (bicyclic) bond motifs is 3. The summed E-state index contributed by atoms with van der Waals surface area (Å²) < 4.78 is 22.9. The third-order valence-electron chi connectivity index (χ3n) is 10.2. The van der Waals surface area contributed by atoms with Crippen LogP contribution in [0.2, 0.25) is 0 Å². The highest BCUT2D eigenvalue weighted by molar-refractivity contribution is 5.87. The third-order valence-corrected chi connectivity index (χ3v) is 10.2. The molecule has 2 fully saturated rings. The number of nitrogens with one attached hydrogen (secondary N) is 6. The summed E-state index contributed by atoms with van der Waals surface area (Å²) in [5.41, 5.74) is 4.23. The molecule has 8 rings (SSSR count). The number of piperidine rings is 2. The molecular weight excluding hydrogens is 706 g/mol. The minimum absolute atomic E-state index is 0.175. The summed E-state index contributed by atoms with van der Waals surface area (Å²) in [6.45, 7) is 7.48. The number of β-amino-alcohol motifs (C(OH)–C–C–N with tert-alkyl or cyclic N) is 1. The van der Waals surface area contributed by atoms with E-state index >= 15 is 0 Å². The Balaban J connectivity index is 0.000000215. The summed E-state index contributed by atoms with van der Waals surface area (Å²) in [4.78, 5) is 50.5. The van der Waals surface area contributed by atoms with E-state index in [0.717, 1.165) is 90.8 Å². The quantitative estimate of drug-likeness (QED) is 0.0839. The number of imidazole rings is 2. The Kier molecular flexibility index (Phi) is 12.2. The number of likely N-dealkylation sites (tertiary alicyclic amines) is 1. The first-order chi connectivity index (χ1) is 26.8. The monoisotopic (exact) mass is 755 g/mol. The van der Waals surface area contributed by atoms with Crippen molar-refractivity contribution in [1.82, 2.24) is 35.1 Å². The highest BCUT2D eigenvalue weighted by Crippen LogP contribution is 2.28. The van der Waals surface area contributed by atoms with Gasteiger partial charge < -0.3 is 59.2 Å². The molecule has 2 saturated heterocycles. The first kappa shape index (κ1) is 37.8. The largest absolute Gasteiger partial charge is 0.491 e. The summed E-state index contributed by atoms with van der Waals surface area (Å²) in [5.74, 6) is 2.80. The van der Waals surface area contributed by atoms with Crippen molar-refractivity contribution in [2.75, 3.05) is 52.5 Å². The van der Waals surface area contributed by atoms with Crippen molar-refractivity contribution in [2.24, 2.45) is 11.8 Å². The molecule has 1 unspecified atom stereocenters. The Morgan fingerprint density at radius 3 is 1.91 bits per heavy atom. The second-order valence-electron chi connectivity index (χ2n) is 14.3. The van der Waals surface area contributed by atoms with Gasteiger partial charge in [-0.25, -0.2) is 9.59 Å². The number of aromatic nitrogens is 5. The summed E-state index contributed by atoms with van der Waals surface area (Å²) in [6.07, 6.45) is 3.63. The van der Waals surface area contributed by atoms with Gasteiger partial charge in [-0.15, -0.1) is 0 Å². The van der Waals surface area contributed by atoms with Crippen LogP contribution in [-0.2, 0) is 16.1 Å². The molecule has 2 aliphatic rings. The van der Waals surface area contributed by atoms with E-state index in [4.69, 9.17) is 18.9 Å². The topological polar surface area (TPSA) is 203 Å². The van der Waals surface area contributed by atoms with Gasteiger partial charge in [-0.05, 0) is 106 Å². The number of benzene rings is 3. The zero-order valence-corrected chi connectivity index (χ0v) is 31.0. The van der Waals surface area contributed by atoms with Crippen molar-refractivity contribution in [3.8, 4) is 17.2 Å². The second kappa shape index (κ2) is 17.8. The SMILES string of the molecule is CC(=O)OCc1cc2c(OCC(O)CN3CCC(COc4cccc5[nH]c(=O)[nH]c45)CC3)cccc2[nH]1.O=c1[nH]c2cccc(OCC3CCNCC3)c2[nH]1. The van der Waals surface area contributed by atoms with Crippen LogP contribution in [-0.4, -0.2) is 99.5 Å². The fraction of sp³-hybridized carbons (Fsp3) is 0.425. The van der Waals surface area contributed by atoms with Crippen molar-refractivity contribution >= 4 is 38.9 Å². The molecule has 55 heavy (non-hydrogen) atoms. The van der Waals surface area contributed by atoms with Gasteiger partial charge in [0.1, 0.15) is 47.6 Å². The molecule has 5 heterocycles. The van der Waals surface area contributed by atoms with Crippen LogP contribution in [0.15, 0.2) is 70.3 Å². The number of carbonyl (C=O) groups excluding carboxylic acids is 1. The minimum Gasteiger partial charge on any atom is -0.491 e. The Morgan fingerprint density at radius 1 is 0.745 bits per heavy atom. The van der Waals surface area contributed by atoms with Gasteiger partial charge in [0.05, 0.1) is 29.9 Å². The van der Waals surface area contributed by atoms with Gasteiger partial charge in [-0.1, -0.05) is 18.2 Å². The van der Waals surface area contributed by atoms with Crippen molar-refractivity contribution in [1.29, 1.82) is 0 Å². The summed E-state index contributed by atoms with van der Waals surface area (Å²) in [7, 11) is 0. The number of aliphatic hydroxyl groups excluding tert-OH is 1. The standard InChI is InChI=1S/C27H32N4O6.C13H17N3O2/c1-17(32)35-15-19-12-21-22(28-19)4-2-6-24(21)37-16-20(33)13-31-10-8-18(9-11-31)14-36-25-7-3-5-23-26(25)30-27(34)29-23;17-13-15-10-2-1-3-11(12(10)16-13)18-8-9-4-6-14-7-5-9/h2-7,12,18,20,28,33H,8-11,13-16H2,1H3,(H2,29,30,34);1-3,9,14H,4-8H2,(H2,15,16,17). The van der Waals surface area contributed by atoms with Crippen LogP contribution in [0.25, 0.3) is 33.0 Å². The van der Waals surface area contributed by atoms with E-state index in [2.05, 4.69) is 35.1 Å². The molecule has 15 heteroatoms. The maximum atomic E-state index is 11.6. The number of H-pyrrole nitrogens is 5. The number of hydrogen-bond acceptors (Lipinski definition) is 10. The smallest absolute Gasteiger partial charge is 0.323 e. The molecule has 15 nitrogen and oxygen atoms in total. The maximum Gasteiger partial charge on any atom is 0.323 e. The molecule has 6 aromatic rings. The molecule has 3 aromatic carbocycles. The van der Waals surface area contributed by atoms with Crippen LogP contribution in [0.1, 0.15) is 38.3 Å². The molecule has 0 bridgehead atoms. The second-order valence-corrected chi connectivity index (χ2v) is 14.3. The molecule has 0 saturated carbocycles. The van der Waals surface area contributed by atoms with Crippen LogP contribution in [0.4, 0.5) is 0 Å². The van der Waals surface area contributed by atoms with Gasteiger partial charge >= 0.3 is 17.3 Å². The Labute approximate surface area is 316 Å². The number of esters is 1. The van der Waals surface area contributed by atoms with Crippen molar-refractivity contribution in [3.63, 3.8) is 0 Å². The number of aliphatic hydroxyl groups is 1. The van der Waals surface area contributed by atoms with Crippen LogP contribution in [0.3, 0.4) is 0 Å². The molecule has 3 aromatic heterocycles. The lowest BCUT2D eigenvalue weighted by atomic mass is 9.97. The van der Waals surface area contributed by atoms with E-state index in [0.29, 0.717) is 48.6 Å². The molecular formula is C40H49N7O8. The maximum absolute atomic E-state index is 11.6. The molecule has 292 valence electrons. The zero-order valence-electron chi connectivity index (χ0n) is 31.0. The predicted molar refractivity (Wildman–Crippen MR) is 209 cm³/mol. The first-order valence-corrected chi connectivity index (χ1v) is 18.9. The van der Waals surface area contributed by atoms with Crippen molar-refractivity contribution < 1.29 is 28.8 Å². The van der Waals surface area contributed by atoms with E-state index < -0.39 is 6.10 Å². The lowest BCUT2D eigenvalue weighted by Gasteiger charge is -2.33. The van der Waals surface area contributed by atoms with Gasteiger partial charge in [0, 0.05) is 24.4 Å². The van der Waals surface area contributed by atoms with Gasteiger partial charge in [0.15, 0.2) is 0 Å². The van der Waals surface area contributed by atoms with Gasteiger partial charge in [0.2, 0.25) is 0 Å². The Morgan fingerprint density at radius 2 is 1.31 bits per heavy atom. The van der Waals surface area contributed by atoms with E-state index in [1.807, 2.05) is 60.7 Å². The molecule has 0 amide bonds.